The van der Waals surface area contributed by atoms with Crippen molar-refractivity contribution in [3.05, 3.63) is 53.8 Å². The molecular weight excluding hydrogens is 455 g/mol. The van der Waals surface area contributed by atoms with Crippen molar-refractivity contribution < 1.29 is 36.9 Å². The predicted octanol–water partition coefficient (Wildman–Crippen LogP) is 1.45. The summed E-state index contributed by atoms with van der Waals surface area (Å²) in [5, 5.41) is 12.5. The van der Waals surface area contributed by atoms with Gasteiger partial charge < -0.3 is 24.6 Å². The average molecular weight is 481 g/mol. The van der Waals surface area contributed by atoms with Crippen LogP contribution in [0.2, 0.25) is 0 Å². The molecule has 33 heavy (non-hydrogen) atoms. The van der Waals surface area contributed by atoms with Crippen LogP contribution < -0.4 is 19.5 Å². The molecule has 0 saturated carbocycles. The molecule has 1 amide bonds. The van der Waals surface area contributed by atoms with Crippen LogP contribution in [0.1, 0.15) is 24.8 Å². The molecule has 3 N–H and O–H groups in total. The van der Waals surface area contributed by atoms with Crippen LogP contribution >= 0.6 is 0 Å². The van der Waals surface area contributed by atoms with Gasteiger partial charge in [0, 0.05) is 6.54 Å². The van der Waals surface area contributed by atoms with Gasteiger partial charge in [0.25, 0.3) is 0 Å². The molecule has 2 aromatic carbocycles. The van der Waals surface area contributed by atoms with Crippen molar-refractivity contribution in [2.45, 2.75) is 49.0 Å². The lowest BCUT2D eigenvalue weighted by molar-refractivity contribution is -0.130. The number of benzene rings is 2. The molecule has 9 nitrogen and oxygen atoms in total. The van der Waals surface area contributed by atoms with Crippen molar-refractivity contribution in [1.29, 1.82) is 0 Å². The molecule has 0 unspecified atom stereocenters. The van der Waals surface area contributed by atoms with Gasteiger partial charge in [0.15, 0.2) is 11.5 Å². The molecule has 2 aromatic rings. The Balaban J connectivity index is 1.28. The molecule has 4 rings (SSSR count). The van der Waals surface area contributed by atoms with Gasteiger partial charge in [-0.25, -0.2) is 17.5 Å². The molecule has 0 bridgehead atoms. The minimum atomic E-state index is -3.99. The number of ether oxygens (including phenoxy) is 3. The zero-order valence-corrected chi connectivity index (χ0v) is 18.5. The molecule has 0 radical (unpaired) electrons. The molecule has 0 spiro atoms. The second kappa shape index (κ2) is 10.0. The van der Waals surface area contributed by atoms with Crippen LogP contribution in [0.5, 0.6) is 11.5 Å². The van der Waals surface area contributed by atoms with Crippen molar-refractivity contribution in [1.82, 2.24) is 10.0 Å². The van der Waals surface area contributed by atoms with E-state index in [1.165, 1.54) is 12.1 Å². The van der Waals surface area contributed by atoms with Crippen molar-refractivity contribution in [3.8, 4) is 11.5 Å². The Bertz CT molecular complexity index is 1110. The van der Waals surface area contributed by atoms with Gasteiger partial charge in [-0.2, -0.15) is 0 Å². The fourth-order valence-corrected chi connectivity index (χ4v) is 5.18. The number of amides is 1. The molecular formula is C22H25FN2O7S. The van der Waals surface area contributed by atoms with E-state index in [9.17, 15) is 22.7 Å². The fourth-order valence-electron chi connectivity index (χ4n) is 3.85. The van der Waals surface area contributed by atoms with E-state index in [0.717, 1.165) is 17.7 Å². The van der Waals surface area contributed by atoms with Crippen molar-refractivity contribution in [2.75, 3.05) is 13.4 Å². The topological polar surface area (TPSA) is 123 Å². The molecule has 3 atom stereocenters. The number of rotatable bonds is 8. The van der Waals surface area contributed by atoms with Crippen LogP contribution in [0.4, 0.5) is 4.39 Å². The summed E-state index contributed by atoms with van der Waals surface area (Å²) in [6.45, 7) is 0.0584. The second-order valence-corrected chi connectivity index (χ2v) is 9.62. The Morgan fingerprint density at radius 1 is 1.12 bits per heavy atom. The lowest BCUT2D eigenvalue weighted by Crippen LogP contribution is -2.51. The Labute approximate surface area is 190 Å². The standard InChI is InChI=1S/C22H25FN2O7S/c23-15-2-1-3-17(9-15)33(28,29)25-18-6-5-16(32-21(18)12-26)10-22(27)24-11-14-4-7-19-20(8-14)31-13-30-19/h1-4,7-9,16,18,21,25-26H,5-6,10-13H2,(H,24,27)/t16-,18+,21+/m1/s1. The first-order valence-corrected chi connectivity index (χ1v) is 12.0. The third kappa shape index (κ3) is 5.80. The zero-order chi connectivity index (χ0) is 23.4. The van der Waals surface area contributed by atoms with E-state index in [2.05, 4.69) is 10.0 Å². The van der Waals surface area contributed by atoms with Gasteiger partial charge in [-0.1, -0.05) is 12.1 Å². The SMILES string of the molecule is O=C(C[C@H]1CC[C@H](NS(=O)(=O)c2cccc(F)c2)[C@H](CO)O1)NCc1ccc2c(c1)OCO2. The number of halogens is 1. The number of fused-ring (bicyclic) bond motifs is 1. The maximum Gasteiger partial charge on any atom is 0.241 e. The van der Waals surface area contributed by atoms with Crippen molar-refractivity contribution in [3.63, 3.8) is 0 Å². The number of aliphatic hydroxyl groups is 1. The Morgan fingerprint density at radius 3 is 2.73 bits per heavy atom. The minimum absolute atomic E-state index is 0.0738. The highest BCUT2D eigenvalue weighted by Gasteiger charge is 2.34. The van der Waals surface area contributed by atoms with E-state index in [-0.39, 0.29) is 24.0 Å². The predicted molar refractivity (Wildman–Crippen MR) is 115 cm³/mol. The van der Waals surface area contributed by atoms with Gasteiger partial charge >= 0.3 is 0 Å². The normalized spacial score (nSPS) is 22.2. The van der Waals surface area contributed by atoms with Crippen LogP contribution in [0, 0.1) is 5.82 Å². The van der Waals surface area contributed by atoms with Gasteiger partial charge in [0.1, 0.15) is 5.82 Å². The van der Waals surface area contributed by atoms with Crippen molar-refractivity contribution in [2.24, 2.45) is 0 Å². The first-order valence-electron chi connectivity index (χ1n) is 10.5. The number of hydrogen-bond donors (Lipinski definition) is 3. The minimum Gasteiger partial charge on any atom is -0.454 e. The summed E-state index contributed by atoms with van der Waals surface area (Å²) in [6.07, 6.45) is -0.434. The number of hydrogen-bond acceptors (Lipinski definition) is 7. The van der Waals surface area contributed by atoms with Crippen LogP contribution in [0.25, 0.3) is 0 Å². The summed E-state index contributed by atoms with van der Waals surface area (Å²) in [6, 6.07) is 9.40. The Morgan fingerprint density at radius 2 is 1.94 bits per heavy atom. The second-order valence-electron chi connectivity index (χ2n) is 7.91. The first-order chi connectivity index (χ1) is 15.8. The van der Waals surface area contributed by atoms with E-state index >= 15 is 0 Å². The molecule has 2 aliphatic heterocycles. The van der Waals surface area contributed by atoms with Gasteiger partial charge in [0.2, 0.25) is 22.7 Å². The van der Waals surface area contributed by atoms with Crippen LogP contribution in [-0.2, 0) is 26.1 Å². The number of sulfonamides is 1. The van der Waals surface area contributed by atoms with Crippen LogP contribution in [-0.4, -0.2) is 51.1 Å². The Kier molecular flexibility index (Phi) is 7.13. The average Bonchev–Trinajstić information content (AvgIpc) is 3.26. The summed E-state index contributed by atoms with van der Waals surface area (Å²) in [5.41, 5.74) is 0.859. The Hall–Kier alpha value is -2.73. The smallest absolute Gasteiger partial charge is 0.241 e. The van der Waals surface area contributed by atoms with Crippen LogP contribution in [0.3, 0.4) is 0 Å². The molecule has 178 valence electrons. The largest absolute Gasteiger partial charge is 0.454 e. The monoisotopic (exact) mass is 480 g/mol. The molecule has 1 saturated heterocycles. The van der Waals surface area contributed by atoms with E-state index in [0.29, 0.717) is 30.9 Å². The van der Waals surface area contributed by atoms with E-state index in [1.54, 1.807) is 12.1 Å². The summed E-state index contributed by atoms with van der Waals surface area (Å²) in [5.74, 6) is 0.407. The summed E-state index contributed by atoms with van der Waals surface area (Å²) >= 11 is 0. The van der Waals surface area contributed by atoms with E-state index < -0.39 is 40.7 Å². The molecule has 0 aromatic heterocycles. The van der Waals surface area contributed by atoms with E-state index in [4.69, 9.17) is 14.2 Å². The quantitative estimate of drug-likeness (QED) is 0.523. The third-order valence-electron chi connectivity index (χ3n) is 5.55. The highest BCUT2D eigenvalue weighted by Crippen LogP contribution is 2.32. The lowest BCUT2D eigenvalue weighted by Gasteiger charge is -2.35. The summed E-state index contributed by atoms with van der Waals surface area (Å²) in [7, 11) is -3.99. The fraction of sp³-hybridized carbons (Fsp3) is 0.409. The number of carbonyl (C=O) groups excluding carboxylic acids is 1. The van der Waals surface area contributed by atoms with Gasteiger partial charge in [0.05, 0.1) is 36.2 Å². The van der Waals surface area contributed by atoms with Crippen molar-refractivity contribution >= 4 is 15.9 Å². The maximum atomic E-state index is 13.4. The molecule has 0 aliphatic carbocycles. The molecule has 2 aliphatic rings. The number of aliphatic hydroxyl groups excluding tert-OH is 1. The molecule has 11 heteroatoms. The highest BCUT2D eigenvalue weighted by molar-refractivity contribution is 7.89. The maximum absolute atomic E-state index is 13.4. The third-order valence-corrected chi connectivity index (χ3v) is 7.04. The van der Waals surface area contributed by atoms with Crippen LogP contribution in [0.15, 0.2) is 47.4 Å². The lowest BCUT2D eigenvalue weighted by atomic mass is 9.98. The highest BCUT2D eigenvalue weighted by atomic mass is 32.2. The summed E-state index contributed by atoms with van der Waals surface area (Å²) in [4.78, 5) is 12.2. The summed E-state index contributed by atoms with van der Waals surface area (Å²) < 4.78 is 57.4. The van der Waals surface area contributed by atoms with Gasteiger partial charge in [-0.15, -0.1) is 0 Å². The molecule has 1 fully saturated rings. The first kappa shape index (κ1) is 23.4. The molecule has 2 heterocycles. The van der Waals surface area contributed by atoms with E-state index in [1.807, 2.05) is 6.07 Å². The van der Waals surface area contributed by atoms with Gasteiger partial charge in [-0.3, -0.25) is 4.79 Å². The zero-order valence-electron chi connectivity index (χ0n) is 17.7. The number of carbonyl (C=O) groups is 1. The number of nitrogens with one attached hydrogen (secondary N) is 2. The van der Waals surface area contributed by atoms with Gasteiger partial charge in [-0.05, 0) is 48.7 Å².